The van der Waals surface area contributed by atoms with E-state index in [9.17, 15) is 4.79 Å². The summed E-state index contributed by atoms with van der Waals surface area (Å²) < 4.78 is 0. The van der Waals surface area contributed by atoms with Gasteiger partial charge in [0.1, 0.15) is 0 Å². The number of benzene rings is 2. The smallest absolute Gasteiger partial charge is 0.253 e. The molecule has 2 nitrogen and oxygen atoms in total. The quantitative estimate of drug-likeness (QED) is 0.664. The van der Waals surface area contributed by atoms with E-state index >= 15 is 0 Å². The number of nitrogens with zero attached hydrogens (tertiary/aromatic N) is 1. The molecule has 1 fully saturated rings. The number of halogens is 2. The molecule has 0 spiro atoms. The van der Waals surface area contributed by atoms with Crippen molar-refractivity contribution in [2.45, 2.75) is 23.5 Å². The van der Waals surface area contributed by atoms with Gasteiger partial charge in [0.25, 0.3) is 5.91 Å². The van der Waals surface area contributed by atoms with Crippen molar-refractivity contribution in [3.05, 3.63) is 63.6 Å². The topological polar surface area (TPSA) is 20.3 Å². The zero-order chi connectivity index (χ0) is 16.2. The van der Waals surface area contributed by atoms with E-state index in [2.05, 4.69) is 0 Å². The maximum absolute atomic E-state index is 12.5. The Morgan fingerprint density at radius 1 is 1.09 bits per heavy atom. The highest BCUT2D eigenvalue weighted by Gasteiger charge is 2.19. The van der Waals surface area contributed by atoms with Crippen LogP contribution in [0.4, 0.5) is 0 Å². The number of carbonyl (C=O) groups excluding carboxylic acids is 1. The van der Waals surface area contributed by atoms with Crippen molar-refractivity contribution in [2.24, 2.45) is 0 Å². The standard InChI is InChI=1S/C18H17Cl2NOS/c19-15-6-7-16(20)17(11-15)23-12-13-4-3-5-14(10-13)18(22)21-8-1-2-9-21/h3-7,10-11H,1-2,8-9,12H2. The molecule has 1 heterocycles. The van der Waals surface area contributed by atoms with Gasteiger partial charge in [-0.05, 0) is 48.7 Å². The molecule has 2 aromatic carbocycles. The molecular formula is C18H17Cl2NOS. The van der Waals surface area contributed by atoms with Gasteiger partial charge in [0, 0.05) is 34.3 Å². The third kappa shape index (κ3) is 4.23. The Morgan fingerprint density at radius 2 is 1.87 bits per heavy atom. The fourth-order valence-electron chi connectivity index (χ4n) is 2.65. The molecule has 1 aliphatic heterocycles. The minimum absolute atomic E-state index is 0.134. The summed E-state index contributed by atoms with van der Waals surface area (Å²) in [4.78, 5) is 15.3. The van der Waals surface area contributed by atoms with Crippen LogP contribution in [0.3, 0.4) is 0 Å². The van der Waals surface area contributed by atoms with Crippen LogP contribution in [0.25, 0.3) is 0 Å². The SMILES string of the molecule is O=C(c1cccc(CSc2cc(Cl)ccc2Cl)c1)N1CCCC1. The zero-order valence-electron chi connectivity index (χ0n) is 12.6. The first-order valence-electron chi connectivity index (χ1n) is 7.59. The molecular weight excluding hydrogens is 349 g/mol. The molecule has 0 aliphatic carbocycles. The zero-order valence-corrected chi connectivity index (χ0v) is 14.9. The van der Waals surface area contributed by atoms with Crippen LogP contribution < -0.4 is 0 Å². The molecule has 3 rings (SSSR count). The van der Waals surface area contributed by atoms with E-state index in [1.807, 2.05) is 35.2 Å². The second-order valence-electron chi connectivity index (χ2n) is 5.56. The van der Waals surface area contributed by atoms with Crippen LogP contribution in [-0.2, 0) is 5.75 Å². The number of amides is 1. The van der Waals surface area contributed by atoms with Crippen molar-refractivity contribution < 1.29 is 4.79 Å². The maximum atomic E-state index is 12.5. The van der Waals surface area contributed by atoms with E-state index in [4.69, 9.17) is 23.2 Å². The molecule has 0 radical (unpaired) electrons. The Balaban J connectivity index is 1.70. The third-order valence-corrected chi connectivity index (χ3v) is 5.66. The number of hydrogen-bond acceptors (Lipinski definition) is 2. The van der Waals surface area contributed by atoms with Crippen LogP contribution in [0.1, 0.15) is 28.8 Å². The molecule has 1 amide bonds. The van der Waals surface area contributed by atoms with Gasteiger partial charge in [-0.25, -0.2) is 0 Å². The second-order valence-corrected chi connectivity index (χ2v) is 7.42. The summed E-state index contributed by atoms with van der Waals surface area (Å²) in [6.45, 7) is 1.74. The molecule has 0 N–H and O–H groups in total. The summed E-state index contributed by atoms with van der Waals surface area (Å²) in [5.74, 6) is 0.886. The van der Waals surface area contributed by atoms with Gasteiger partial charge in [-0.2, -0.15) is 0 Å². The first kappa shape index (κ1) is 16.7. The van der Waals surface area contributed by atoms with Gasteiger partial charge in [-0.15, -0.1) is 11.8 Å². The lowest BCUT2D eigenvalue weighted by atomic mass is 10.1. The second kappa shape index (κ2) is 7.61. The number of rotatable bonds is 4. The van der Waals surface area contributed by atoms with Gasteiger partial charge in [-0.3, -0.25) is 4.79 Å². The molecule has 23 heavy (non-hydrogen) atoms. The molecule has 0 unspecified atom stereocenters. The van der Waals surface area contributed by atoms with Gasteiger partial charge >= 0.3 is 0 Å². The van der Waals surface area contributed by atoms with E-state index < -0.39 is 0 Å². The van der Waals surface area contributed by atoms with Crippen molar-refractivity contribution >= 4 is 40.9 Å². The van der Waals surface area contributed by atoms with Crippen molar-refractivity contribution in [1.82, 2.24) is 4.90 Å². The van der Waals surface area contributed by atoms with Crippen molar-refractivity contribution in [3.8, 4) is 0 Å². The molecule has 2 aromatic rings. The van der Waals surface area contributed by atoms with Crippen molar-refractivity contribution in [3.63, 3.8) is 0 Å². The predicted molar refractivity (Wildman–Crippen MR) is 97.6 cm³/mol. The van der Waals surface area contributed by atoms with E-state index in [1.165, 1.54) is 0 Å². The van der Waals surface area contributed by atoms with Crippen LogP contribution in [0.5, 0.6) is 0 Å². The van der Waals surface area contributed by atoms with Gasteiger partial charge < -0.3 is 4.90 Å². The minimum Gasteiger partial charge on any atom is -0.339 e. The monoisotopic (exact) mass is 365 g/mol. The first-order valence-corrected chi connectivity index (χ1v) is 9.34. The Labute approximate surface area is 150 Å². The van der Waals surface area contributed by atoms with Crippen molar-refractivity contribution in [2.75, 3.05) is 13.1 Å². The van der Waals surface area contributed by atoms with E-state index in [1.54, 1.807) is 23.9 Å². The average Bonchev–Trinajstić information content (AvgIpc) is 3.10. The highest BCUT2D eigenvalue weighted by Crippen LogP contribution is 2.32. The van der Waals surface area contributed by atoms with Gasteiger partial charge in [0.2, 0.25) is 0 Å². The summed E-state index contributed by atoms with van der Waals surface area (Å²) in [6, 6.07) is 13.3. The maximum Gasteiger partial charge on any atom is 0.253 e. The normalized spacial score (nSPS) is 14.3. The molecule has 0 aromatic heterocycles. The number of carbonyl (C=O) groups is 1. The Morgan fingerprint density at radius 3 is 2.65 bits per heavy atom. The Bertz CT molecular complexity index is 714. The summed E-state index contributed by atoms with van der Waals surface area (Å²) in [7, 11) is 0. The van der Waals surface area contributed by atoms with E-state index in [-0.39, 0.29) is 5.91 Å². The predicted octanol–water partition coefficient (Wildman–Crippen LogP) is 5.52. The number of thioether (sulfide) groups is 1. The third-order valence-electron chi connectivity index (χ3n) is 3.85. The van der Waals surface area contributed by atoms with Crippen LogP contribution in [0, 0.1) is 0 Å². The lowest BCUT2D eigenvalue weighted by Crippen LogP contribution is -2.27. The first-order chi connectivity index (χ1) is 11.1. The lowest BCUT2D eigenvalue weighted by molar-refractivity contribution is 0.0792. The molecule has 120 valence electrons. The van der Waals surface area contributed by atoms with Crippen LogP contribution in [-0.4, -0.2) is 23.9 Å². The largest absolute Gasteiger partial charge is 0.339 e. The summed E-state index contributed by atoms with van der Waals surface area (Å²) >= 11 is 13.8. The fourth-order valence-corrected chi connectivity index (χ4v) is 4.08. The highest BCUT2D eigenvalue weighted by molar-refractivity contribution is 7.98. The summed E-state index contributed by atoms with van der Waals surface area (Å²) in [5.41, 5.74) is 1.87. The Hall–Kier alpha value is -1.16. The average molecular weight is 366 g/mol. The number of hydrogen-bond donors (Lipinski definition) is 0. The summed E-state index contributed by atoms with van der Waals surface area (Å²) in [5, 5.41) is 1.37. The molecule has 1 saturated heterocycles. The molecule has 0 saturated carbocycles. The van der Waals surface area contributed by atoms with Crippen LogP contribution in [0.15, 0.2) is 47.4 Å². The highest BCUT2D eigenvalue weighted by atomic mass is 35.5. The van der Waals surface area contributed by atoms with Crippen LogP contribution in [0.2, 0.25) is 10.0 Å². The molecule has 0 bridgehead atoms. The molecule has 5 heteroatoms. The van der Waals surface area contributed by atoms with Gasteiger partial charge in [0.05, 0.1) is 5.02 Å². The van der Waals surface area contributed by atoms with Crippen molar-refractivity contribution in [1.29, 1.82) is 0 Å². The molecule has 0 atom stereocenters. The van der Waals surface area contributed by atoms with Gasteiger partial charge in [0.15, 0.2) is 0 Å². The van der Waals surface area contributed by atoms with Gasteiger partial charge in [-0.1, -0.05) is 35.3 Å². The fraction of sp³-hybridized carbons (Fsp3) is 0.278. The van der Waals surface area contributed by atoms with Crippen LogP contribution >= 0.6 is 35.0 Å². The van der Waals surface area contributed by atoms with E-state index in [0.29, 0.717) is 10.0 Å². The Kier molecular flexibility index (Phi) is 5.52. The molecule has 1 aliphatic rings. The minimum atomic E-state index is 0.134. The lowest BCUT2D eigenvalue weighted by Gasteiger charge is -2.15. The summed E-state index contributed by atoms with van der Waals surface area (Å²) in [6.07, 6.45) is 2.21. The van der Waals surface area contributed by atoms with E-state index in [0.717, 1.165) is 47.7 Å². The number of likely N-dealkylation sites (tertiary alicyclic amines) is 1.